The van der Waals surface area contributed by atoms with Gasteiger partial charge >= 0.3 is 0 Å². The fraction of sp³-hybridized carbons (Fsp3) is 0. The molecular formula is C14H10ClNO2. The van der Waals surface area contributed by atoms with Crippen molar-refractivity contribution >= 4 is 29.4 Å². The van der Waals surface area contributed by atoms with E-state index in [1.807, 2.05) is 36.4 Å². The van der Waals surface area contributed by atoms with Crippen LogP contribution >= 0.6 is 11.6 Å². The van der Waals surface area contributed by atoms with Crippen molar-refractivity contribution in [3.05, 3.63) is 74.8 Å². The largest absolute Gasteiger partial charge is 0.276 e. The third kappa shape index (κ3) is 2.96. The normalized spacial score (nSPS) is 10.7. The molecule has 0 saturated carbocycles. The summed E-state index contributed by atoms with van der Waals surface area (Å²) in [4.78, 5) is 10.5. The number of benzene rings is 2. The van der Waals surface area contributed by atoms with Crippen LogP contribution in [0.5, 0.6) is 0 Å². The van der Waals surface area contributed by atoms with Crippen LogP contribution < -0.4 is 0 Å². The van der Waals surface area contributed by atoms with Crippen molar-refractivity contribution in [2.45, 2.75) is 0 Å². The average Bonchev–Trinajstić information content (AvgIpc) is 2.37. The van der Waals surface area contributed by atoms with Gasteiger partial charge in [-0.1, -0.05) is 48.0 Å². The highest BCUT2D eigenvalue weighted by Gasteiger charge is 2.10. The molecule has 0 aliphatic rings. The first-order valence-corrected chi connectivity index (χ1v) is 5.72. The Bertz CT molecular complexity index is 594. The quantitative estimate of drug-likeness (QED) is 0.465. The molecule has 0 amide bonds. The number of nitro benzene ring substituents is 1. The van der Waals surface area contributed by atoms with E-state index in [2.05, 4.69) is 0 Å². The van der Waals surface area contributed by atoms with Crippen LogP contribution in [0.2, 0.25) is 5.02 Å². The number of nitrogens with zero attached hydrogens (tertiary/aromatic N) is 1. The molecule has 0 fully saturated rings. The van der Waals surface area contributed by atoms with Crippen molar-refractivity contribution in [2.24, 2.45) is 0 Å². The third-order valence-electron chi connectivity index (χ3n) is 2.44. The van der Waals surface area contributed by atoms with Crippen LogP contribution in [0.3, 0.4) is 0 Å². The lowest BCUT2D eigenvalue weighted by Gasteiger charge is -1.98. The van der Waals surface area contributed by atoms with Crippen molar-refractivity contribution in [2.75, 3.05) is 0 Å². The summed E-state index contributed by atoms with van der Waals surface area (Å²) >= 11 is 5.85. The predicted octanol–water partition coefficient (Wildman–Crippen LogP) is 4.42. The Balaban J connectivity index is 2.36. The van der Waals surface area contributed by atoms with E-state index >= 15 is 0 Å². The number of nitro groups is 1. The number of halogens is 1. The maximum absolute atomic E-state index is 10.9. The van der Waals surface area contributed by atoms with Crippen LogP contribution in [0.25, 0.3) is 12.2 Å². The average molecular weight is 260 g/mol. The zero-order valence-electron chi connectivity index (χ0n) is 9.42. The maximum atomic E-state index is 10.9. The van der Waals surface area contributed by atoms with Crippen LogP contribution in [0.4, 0.5) is 5.69 Å². The zero-order valence-corrected chi connectivity index (χ0v) is 10.2. The molecule has 2 rings (SSSR count). The monoisotopic (exact) mass is 259 g/mol. The number of rotatable bonds is 3. The Morgan fingerprint density at radius 1 is 1.06 bits per heavy atom. The van der Waals surface area contributed by atoms with Crippen molar-refractivity contribution in [3.63, 3.8) is 0 Å². The smallest absolute Gasteiger partial charge is 0.258 e. The van der Waals surface area contributed by atoms with Gasteiger partial charge in [0.25, 0.3) is 5.69 Å². The van der Waals surface area contributed by atoms with Gasteiger partial charge in [0.2, 0.25) is 0 Å². The molecular weight excluding hydrogens is 250 g/mol. The first-order chi connectivity index (χ1) is 8.66. The van der Waals surface area contributed by atoms with Gasteiger partial charge in [0.05, 0.1) is 10.5 Å². The Kier molecular flexibility index (Phi) is 3.75. The Hall–Kier alpha value is -2.13. The molecule has 0 aliphatic carbocycles. The van der Waals surface area contributed by atoms with Gasteiger partial charge < -0.3 is 0 Å². The Morgan fingerprint density at radius 3 is 2.44 bits per heavy atom. The highest BCUT2D eigenvalue weighted by Crippen LogP contribution is 2.24. The topological polar surface area (TPSA) is 43.1 Å². The molecule has 3 nitrogen and oxygen atoms in total. The van der Waals surface area contributed by atoms with Crippen molar-refractivity contribution < 1.29 is 4.92 Å². The van der Waals surface area contributed by atoms with E-state index in [0.717, 1.165) is 5.56 Å². The summed E-state index contributed by atoms with van der Waals surface area (Å²) in [5, 5.41) is 11.4. The molecule has 0 unspecified atom stereocenters. The second kappa shape index (κ2) is 5.47. The highest BCUT2D eigenvalue weighted by molar-refractivity contribution is 6.30. The molecule has 0 heterocycles. The summed E-state index contributed by atoms with van der Waals surface area (Å²) in [6.45, 7) is 0. The van der Waals surface area contributed by atoms with Gasteiger partial charge in [0.1, 0.15) is 0 Å². The van der Waals surface area contributed by atoms with Crippen molar-refractivity contribution in [1.29, 1.82) is 0 Å². The van der Waals surface area contributed by atoms with E-state index in [1.165, 1.54) is 12.1 Å². The van der Waals surface area contributed by atoms with Crippen LogP contribution in [0, 0.1) is 10.1 Å². The van der Waals surface area contributed by atoms with E-state index in [0.29, 0.717) is 10.6 Å². The standard InChI is InChI=1S/C14H10ClNO2/c15-13-8-9-14(16(17)18)12(10-13)7-6-11-4-2-1-3-5-11/h1-10H/b7-6+. The van der Waals surface area contributed by atoms with Crippen LogP contribution in [-0.2, 0) is 0 Å². The molecule has 0 saturated heterocycles. The summed E-state index contributed by atoms with van der Waals surface area (Å²) in [6.07, 6.45) is 3.51. The molecule has 0 bridgehead atoms. The second-order valence-electron chi connectivity index (χ2n) is 3.70. The fourth-order valence-electron chi connectivity index (χ4n) is 1.58. The van der Waals surface area contributed by atoms with Gasteiger partial charge in [-0.3, -0.25) is 10.1 Å². The van der Waals surface area contributed by atoms with E-state index in [-0.39, 0.29) is 5.69 Å². The summed E-state index contributed by atoms with van der Waals surface area (Å²) in [5.41, 5.74) is 1.52. The molecule has 0 atom stereocenters. The molecule has 2 aromatic rings. The van der Waals surface area contributed by atoms with Gasteiger partial charge in [0, 0.05) is 11.1 Å². The molecule has 0 aliphatic heterocycles. The highest BCUT2D eigenvalue weighted by atomic mass is 35.5. The molecule has 90 valence electrons. The molecule has 0 N–H and O–H groups in total. The summed E-state index contributed by atoms with van der Waals surface area (Å²) in [7, 11) is 0. The van der Waals surface area contributed by atoms with Gasteiger partial charge in [-0.25, -0.2) is 0 Å². The van der Waals surface area contributed by atoms with Gasteiger partial charge in [-0.15, -0.1) is 0 Å². The molecule has 4 heteroatoms. The van der Waals surface area contributed by atoms with Crippen LogP contribution in [-0.4, -0.2) is 4.92 Å². The lowest BCUT2D eigenvalue weighted by Crippen LogP contribution is -1.90. The Morgan fingerprint density at radius 2 is 1.78 bits per heavy atom. The lowest BCUT2D eigenvalue weighted by molar-refractivity contribution is -0.385. The first-order valence-electron chi connectivity index (χ1n) is 5.34. The number of hydrogen-bond donors (Lipinski definition) is 0. The van der Waals surface area contributed by atoms with Gasteiger partial charge in [-0.05, 0) is 23.8 Å². The first kappa shape index (κ1) is 12.3. The minimum atomic E-state index is -0.416. The van der Waals surface area contributed by atoms with E-state index in [1.54, 1.807) is 12.1 Å². The van der Waals surface area contributed by atoms with E-state index < -0.39 is 4.92 Å². The maximum Gasteiger partial charge on any atom is 0.276 e. The zero-order chi connectivity index (χ0) is 13.0. The molecule has 0 radical (unpaired) electrons. The van der Waals surface area contributed by atoms with E-state index in [4.69, 9.17) is 11.6 Å². The van der Waals surface area contributed by atoms with Gasteiger partial charge in [0.15, 0.2) is 0 Å². The molecule has 18 heavy (non-hydrogen) atoms. The van der Waals surface area contributed by atoms with Crippen LogP contribution in [0.15, 0.2) is 48.5 Å². The van der Waals surface area contributed by atoms with Gasteiger partial charge in [-0.2, -0.15) is 0 Å². The SMILES string of the molecule is O=[N+]([O-])c1ccc(Cl)cc1/C=C/c1ccccc1. The van der Waals surface area contributed by atoms with Crippen molar-refractivity contribution in [3.8, 4) is 0 Å². The predicted molar refractivity (Wildman–Crippen MR) is 73.5 cm³/mol. The molecule has 0 spiro atoms. The molecule has 2 aromatic carbocycles. The molecule has 0 aromatic heterocycles. The number of hydrogen-bond acceptors (Lipinski definition) is 2. The van der Waals surface area contributed by atoms with Crippen molar-refractivity contribution in [1.82, 2.24) is 0 Å². The third-order valence-corrected chi connectivity index (χ3v) is 2.68. The fourth-order valence-corrected chi connectivity index (χ4v) is 1.76. The minimum absolute atomic E-state index is 0.0478. The second-order valence-corrected chi connectivity index (χ2v) is 4.14. The van der Waals surface area contributed by atoms with E-state index in [9.17, 15) is 10.1 Å². The Labute approximate surface area is 109 Å². The summed E-state index contributed by atoms with van der Waals surface area (Å²) in [6, 6.07) is 14.1. The van der Waals surface area contributed by atoms with Crippen LogP contribution in [0.1, 0.15) is 11.1 Å². The summed E-state index contributed by atoms with van der Waals surface area (Å²) < 4.78 is 0. The minimum Gasteiger partial charge on any atom is -0.258 e. The summed E-state index contributed by atoms with van der Waals surface area (Å²) in [5.74, 6) is 0. The lowest BCUT2D eigenvalue weighted by atomic mass is 10.1.